The highest BCUT2D eigenvalue weighted by molar-refractivity contribution is 5.80. The summed E-state index contributed by atoms with van der Waals surface area (Å²) in [5, 5.41) is 8.92. The van der Waals surface area contributed by atoms with Gasteiger partial charge in [0.25, 0.3) is 0 Å². The molecular weight excluding hydrogens is 268 g/mol. The third-order valence-corrected chi connectivity index (χ3v) is 3.57. The Labute approximate surface area is 124 Å². The number of carboxylic acids is 1. The predicted octanol–water partition coefficient (Wildman–Crippen LogP) is 2.13. The molecule has 1 N–H and O–H groups in total. The van der Waals surface area contributed by atoms with Crippen molar-refractivity contribution in [3.05, 3.63) is 48.0 Å². The average molecular weight is 288 g/mol. The lowest BCUT2D eigenvalue weighted by Crippen LogP contribution is -2.45. The summed E-state index contributed by atoms with van der Waals surface area (Å²) in [4.78, 5) is 26.4. The number of carbonyl (C=O) groups is 2. The van der Waals surface area contributed by atoms with Gasteiger partial charge in [-0.15, -0.1) is 6.58 Å². The fraction of sp³-hybridized carbons (Fsp3) is 0.375. The molecule has 0 saturated heterocycles. The Morgan fingerprint density at radius 1 is 1.33 bits per heavy atom. The number of carboxylic acid groups (broad SMARTS) is 1. The molecule has 1 aliphatic rings. The molecular formula is C16H20N2O3. The van der Waals surface area contributed by atoms with Crippen LogP contribution >= 0.6 is 0 Å². The van der Waals surface area contributed by atoms with Gasteiger partial charge in [0.15, 0.2) is 0 Å². The smallest absolute Gasteiger partial charge is 0.323 e. The molecule has 0 fully saturated rings. The molecule has 5 nitrogen and oxygen atoms in total. The summed E-state index contributed by atoms with van der Waals surface area (Å²) >= 11 is 0. The first kappa shape index (κ1) is 15.1. The lowest BCUT2D eigenvalue weighted by Gasteiger charge is -2.28. The zero-order valence-corrected chi connectivity index (χ0v) is 12.0. The molecule has 1 aromatic rings. The molecule has 5 heteroatoms. The van der Waals surface area contributed by atoms with E-state index >= 15 is 0 Å². The number of hydrogen-bond donors (Lipinski definition) is 1. The van der Waals surface area contributed by atoms with Crippen molar-refractivity contribution in [2.45, 2.75) is 19.4 Å². The maximum atomic E-state index is 12.5. The van der Waals surface area contributed by atoms with Crippen molar-refractivity contribution >= 4 is 12.0 Å². The number of aryl methyl sites for hydroxylation is 1. The summed E-state index contributed by atoms with van der Waals surface area (Å²) in [5.41, 5.74) is 2.40. The van der Waals surface area contributed by atoms with Gasteiger partial charge in [-0.05, 0) is 24.0 Å². The highest BCUT2D eigenvalue weighted by Gasteiger charge is 2.24. The van der Waals surface area contributed by atoms with Gasteiger partial charge in [0.2, 0.25) is 0 Å². The number of benzene rings is 1. The molecule has 21 heavy (non-hydrogen) atoms. The molecule has 1 aliphatic heterocycles. The minimum absolute atomic E-state index is 0.239. The quantitative estimate of drug-likeness (QED) is 0.863. The van der Waals surface area contributed by atoms with Crippen LogP contribution in [0.5, 0.6) is 0 Å². The highest BCUT2D eigenvalue weighted by Crippen LogP contribution is 2.19. The molecule has 0 bridgehead atoms. The van der Waals surface area contributed by atoms with Crippen molar-refractivity contribution in [1.29, 1.82) is 0 Å². The molecule has 0 atom stereocenters. The van der Waals surface area contributed by atoms with E-state index < -0.39 is 5.97 Å². The van der Waals surface area contributed by atoms with Crippen molar-refractivity contribution in [3.63, 3.8) is 0 Å². The first-order valence-electron chi connectivity index (χ1n) is 7.05. The number of nitrogens with zero attached hydrogens (tertiary/aromatic N) is 2. The Hall–Kier alpha value is -2.30. The molecule has 1 heterocycles. The Kier molecular flexibility index (Phi) is 4.98. The van der Waals surface area contributed by atoms with Crippen LogP contribution in [-0.2, 0) is 17.8 Å². The van der Waals surface area contributed by atoms with Crippen LogP contribution in [0, 0.1) is 0 Å². The topological polar surface area (TPSA) is 60.9 Å². The minimum Gasteiger partial charge on any atom is -0.480 e. The second kappa shape index (κ2) is 6.92. The van der Waals surface area contributed by atoms with Gasteiger partial charge >= 0.3 is 12.0 Å². The van der Waals surface area contributed by atoms with E-state index in [0.29, 0.717) is 13.1 Å². The van der Waals surface area contributed by atoms with Gasteiger partial charge in [-0.3, -0.25) is 4.79 Å². The number of hydrogen-bond acceptors (Lipinski definition) is 2. The Morgan fingerprint density at radius 2 is 2.05 bits per heavy atom. The van der Waals surface area contributed by atoms with Gasteiger partial charge in [0.05, 0.1) is 0 Å². The first-order valence-corrected chi connectivity index (χ1v) is 7.05. The summed E-state index contributed by atoms with van der Waals surface area (Å²) in [6.07, 6.45) is 3.38. The van der Waals surface area contributed by atoms with E-state index in [1.807, 2.05) is 18.2 Å². The number of amides is 2. The SMILES string of the molecule is C=CCN(CC(=O)O)C(=O)N1CCCc2ccccc2C1. The van der Waals surface area contributed by atoms with E-state index in [2.05, 4.69) is 12.6 Å². The van der Waals surface area contributed by atoms with Gasteiger partial charge in [0.1, 0.15) is 6.54 Å². The third-order valence-electron chi connectivity index (χ3n) is 3.57. The maximum absolute atomic E-state index is 12.5. The second-order valence-electron chi connectivity index (χ2n) is 5.14. The van der Waals surface area contributed by atoms with E-state index in [0.717, 1.165) is 18.4 Å². The lowest BCUT2D eigenvalue weighted by atomic mass is 10.0. The van der Waals surface area contributed by atoms with Crippen LogP contribution in [0.4, 0.5) is 4.79 Å². The molecule has 0 aliphatic carbocycles. The molecule has 0 unspecified atom stereocenters. The zero-order chi connectivity index (χ0) is 15.2. The van der Waals surface area contributed by atoms with Gasteiger partial charge in [-0.25, -0.2) is 4.79 Å². The fourth-order valence-electron chi connectivity index (χ4n) is 2.59. The average Bonchev–Trinajstić information content (AvgIpc) is 2.67. The van der Waals surface area contributed by atoms with Crippen LogP contribution in [-0.4, -0.2) is 46.5 Å². The molecule has 0 radical (unpaired) electrons. The number of urea groups is 1. The van der Waals surface area contributed by atoms with Crippen molar-refractivity contribution in [2.24, 2.45) is 0 Å². The van der Waals surface area contributed by atoms with Gasteiger partial charge in [0, 0.05) is 19.6 Å². The molecule has 0 spiro atoms. The van der Waals surface area contributed by atoms with E-state index in [-0.39, 0.29) is 19.1 Å². The molecule has 112 valence electrons. The number of rotatable bonds is 4. The Bertz CT molecular complexity index is 542. The summed E-state index contributed by atoms with van der Waals surface area (Å²) in [5.74, 6) is -1.01. The van der Waals surface area contributed by atoms with Crippen LogP contribution in [0.2, 0.25) is 0 Å². The van der Waals surface area contributed by atoms with E-state index in [1.54, 1.807) is 11.0 Å². The Balaban J connectivity index is 2.14. The fourth-order valence-corrected chi connectivity index (χ4v) is 2.59. The zero-order valence-electron chi connectivity index (χ0n) is 12.0. The Morgan fingerprint density at radius 3 is 2.71 bits per heavy atom. The van der Waals surface area contributed by atoms with E-state index in [9.17, 15) is 9.59 Å². The summed E-state index contributed by atoms with van der Waals surface area (Å²) in [7, 11) is 0. The predicted molar refractivity (Wildman–Crippen MR) is 80.0 cm³/mol. The number of aliphatic carboxylic acids is 1. The van der Waals surface area contributed by atoms with Crippen LogP contribution in [0.1, 0.15) is 17.5 Å². The van der Waals surface area contributed by atoms with E-state index in [4.69, 9.17) is 5.11 Å². The van der Waals surface area contributed by atoms with Crippen molar-refractivity contribution in [2.75, 3.05) is 19.6 Å². The number of fused-ring (bicyclic) bond motifs is 1. The standard InChI is InChI=1S/C16H20N2O3/c1-2-9-17(12-15(19)20)16(21)18-10-5-8-13-6-3-4-7-14(13)11-18/h2-4,6-7H,1,5,8-12H2,(H,19,20). The molecule has 0 saturated carbocycles. The normalized spacial score (nSPS) is 14.0. The van der Waals surface area contributed by atoms with Crippen LogP contribution in [0.25, 0.3) is 0 Å². The summed E-state index contributed by atoms with van der Waals surface area (Å²) in [6.45, 7) is 4.69. The van der Waals surface area contributed by atoms with Crippen molar-refractivity contribution in [1.82, 2.24) is 9.80 Å². The molecule has 2 rings (SSSR count). The van der Waals surface area contributed by atoms with E-state index in [1.165, 1.54) is 10.5 Å². The van der Waals surface area contributed by atoms with Crippen LogP contribution in [0.15, 0.2) is 36.9 Å². The van der Waals surface area contributed by atoms with Gasteiger partial charge < -0.3 is 14.9 Å². The molecule has 0 aromatic heterocycles. The third kappa shape index (κ3) is 3.84. The highest BCUT2D eigenvalue weighted by atomic mass is 16.4. The monoisotopic (exact) mass is 288 g/mol. The lowest BCUT2D eigenvalue weighted by molar-refractivity contribution is -0.137. The van der Waals surface area contributed by atoms with Gasteiger partial charge in [-0.2, -0.15) is 0 Å². The second-order valence-corrected chi connectivity index (χ2v) is 5.14. The summed E-state index contributed by atoms with van der Waals surface area (Å²) in [6, 6.07) is 7.84. The van der Waals surface area contributed by atoms with Gasteiger partial charge in [-0.1, -0.05) is 30.3 Å². The number of carbonyl (C=O) groups excluding carboxylic acids is 1. The van der Waals surface area contributed by atoms with Crippen LogP contribution < -0.4 is 0 Å². The largest absolute Gasteiger partial charge is 0.480 e. The summed E-state index contributed by atoms with van der Waals surface area (Å²) < 4.78 is 0. The first-order chi connectivity index (χ1) is 10.1. The van der Waals surface area contributed by atoms with Crippen molar-refractivity contribution in [3.8, 4) is 0 Å². The molecule has 2 amide bonds. The van der Waals surface area contributed by atoms with Crippen LogP contribution in [0.3, 0.4) is 0 Å². The molecule has 1 aromatic carbocycles. The van der Waals surface area contributed by atoms with Crippen molar-refractivity contribution < 1.29 is 14.7 Å². The minimum atomic E-state index is -1.01. The maximum Gasteiger partial charge on any atom is 0.323 e.